The topological polar surface area (TPSA) is 58.6 Å². The molecule has 5 nitrogen and oxygen atoms in total. The molecule has 114 valence electrons. The molecule has 0 aliphatic carbocycles. The van der Waals surface area contributed by atoms with Crippen LogP contribution in [0.1, 0.15) is 19.4 Å². The van der Waals surface area contributed by atoms with Crippen molar-refractivity contribution in [1.82, 2.24) is 5.32 Å². The van der Waals surface area contributed by atoms with E-state index in [0.29, 0.717) is 6.54 Å². The van der Waals surface area contributed by atoms with Crippen molar-refractivity contribution in [3.63, 3.8) is 0 Å². The Hall–Kier alpha value is -1.88. The number of para-hydroxylation sites is 1. The van der Waals surface area contributed by atoms with Gasteiger partial charge in [0.2, 0.25) is 5.91 Å². The second-order valence-corrected chi connectivity index (χ2v) is 5.55. The lowest BCUT2D eigenvalue weighted by molar-refractivity contribution is -0.144. The Labute approximate surface area is 125 Å². The van der Waals surface area contributed by atoms with Crippen LogP contribution in [0.2, 0.25) is 0 Å². The number of amides is 1. The van der Waals surface area contributed by atoms with E-state index in [1.807, 2.05) is 38.1 Å². The zero-order valence-corrected chi connectivity index (χ0v) is 12.8. The molecular weight excluding hydrogens is 268 g/mol. The first-order valence-electron chi connectivity index (χ1n) is 7.24. The molecule has 0 saturated carbocycles. The summed E-state index contributed by atoms with van der Waals surface area (Å²) in [6.45, 7) is 4.67. The molecule has 1 unspecified atom stereocenters. The van der Waals surface area contributed by atoms with Crippen LogP contribution in [0, 0.1) is 5.92 Å². The highest BCUT2D eigenvalue weighted by Gasteiger charge is 2.27. The van der Waals surface area contributed by atoms with Crippen LogP contribution in [0.5, 0.6) is 0 Å². The van der Waals surface area contributed by atoms with Gasteiger partial charge in [0, 0.05) is 12.2 Å². The van der Waals surface area contributed by atoms with Crippen molar-refractivity contribution in [1.29, 1.82) is 0 Å². The van der Waals surface area contributed by atoms with Crippen LogP contribution in [0.15, 0.2) is 24.3 Å². The predicted molar refractivity (Wildman–Crippen MR) is 81.1 cm³/mol. The molecule has 1 aromatic rings. The molecule has 21 heavy (non-hydrogen) atoms. The van der Waals surface area contributed by atoms with Crippen molar-refractivity contribution in [3.05, 3.63) is 29.8 Å². The highest BCUT2D eigenvalue weighted by molar-refractivity contribution is 5.97. The molecule has 1 aliphatic rings. The minimum absolute atomic E-state index is 0.0190. The van der Waals surface area contributed by atoms with Crippen molar-refractivity contribution in [3.8, 4) is 0 Å². The molecule has 2 rings (SSSR count). The van der Waals surface area contributed by atoms with Gasteiger partial charge < -0.3 is 9.64 Å². The van der Waals surface area contributed by atoms with Gasteiger partial charge in [-0.1, -0.05) is 32.0 Å². The maximum atomic E-state index is 12.4. The number of methoxy groups -OCH3 is 1. The Balaban J connectivity index is 1.98. The van der Waals surface area contributed by atoms with Crippen LogP contribution >= 0.6 is 0 Å². The summed E-state index contributed by atoms with van der Waals surface area (Å²) in [5.41, 5.74) is 2.17. The van der Waals surface area contributed by atoms with Gasteiger partial charge in [-0.2, -0.15) is 0 Å². The van der Waals surface area contributed by atoms with E-state index < -0.39 is 6.04 Å². The average molecular weight is 290 g/mol. The maximum absolute atomic E-state index is 12.4. The standard InChI is InChI=1S/C16H22N2O3/c1-11(2)15(16(20)21-3)17-10-14(19)18-9-8-12-6-4-5-7-13(12)18/h4-7,11,15,17H,8-10H2,1-3H3. The molecule has 1 aromatic carbocycles. The van der Waals surface area contributed by atoms with Gasteiger partial charge in [0.05, 0.1) is 13.7 Å². The second kappa shape index (κ2) is 6.72. The number of rotatable bonds is 5. The Morgan fingerprint density at radius 3 is 2.71 bits per heavy atom. The first-order chi connectivity index (χ1) is 10.0. The van der Waals surface area contributed by atoms with Crippen molar-refractivity contribution in [2.45, 2.75) is 26.3 Å². The molecule has 0 saturated heterocycles. The largest absolute Gasteiger partial charge is 0.468 e. The summed E-state index contributed by atoms with van der Waals surface area (Å²) in [5.74, 6) is -0.287. The third kappa shape index (κ3) is 3.42. The number of hydrogen-bond acceptors (Lipinski definition) is 4. The zero-order valence-electron chi connectivity index (χ0n) is 12.8. The van der Waals surface area contributed by atoms with Crippen LogP contribution in [0.4, 0.5) is 5.69 Å². The highest BCUT2D eigenvalue weighted by atomic mass is 16.5. The lowest BCUT2D eigenvalue weighted by Crippen LogP contribution is -2.47. The van der Waals surface area contributed by atoms with Crippen LogP contribution < -0.4 is 10.2 Å². The van der Waals surface area contributed by atoms with Gasteiger partial charge in [0.25, 0.3) is 0 Å². The van der Waals surface area contributed by atoms with Crippen LogP contribution in [0.3, 0.4) is 0 Å². The quantitative estimate of drug-likeness (QED) is 0.832. The smallest absolute Gasteiger partial charge is 0.323 e. The molecular formula is C16H22N2O3. The van der Waals surface area contributed by atoms with Crippen molar-refractivity contribution >= 4 is 17.6 Å². The Kier molecular flexibility index (Phi) is 4.96. The van der Waals surface area contributed by atoms with Gasteiger partial charge in [-0.3, -0.25) is 14.9 Å². The first-order valence-corrected chi connectivity index (χ1v) is 7.24. The Bertz CT molecular complexity index is 528. The van der Waals surface area contributed by atoms with Crippen LogP contribution in [0.25, 0.3) is 0 Å². The summed E-state index contributed by atoms with van der Waals surface area (Å²) in [7, 11) is 1.36. The minimum Gasteiger partial charge on any atom is -0.468 e. The minimum atomic E-state index is -0.461. The van der Waals surface area contributed by atoms with Crippen molar-refractivity contribution < 1.29 is 14.3 Å². The van der Waals surface area contributed by atoms with Crippen LogP contribution in [-0.2, 0) is 20.7 Å². The van der Waals surface area contributed by atoms with Gasteiger partial charge in [0.1, 0.15) is 6.04 Å². The molecule has 0 bridgehead atoms. The molecule has 1 N–H and O–H groups in total. The first kappa shape index (κ1) is 15.5. The van der Waals surface area contributed by atoms with Crippen molar-refractivity contribution in [2.75, 3.05) is 25.1 Å². The summed E-state index contributed by atoms with van der Waals surface area (Å²) in [5, 5.41) is 3.01. The highest BCUT2D eigenvalue weighted by Crippen LogP contribution is 2.27. The fourth-order valence-corrected chi connectivity index (χ4v) is 2.61. The molecule has 0 spiro atoms. The number of nitrogens with one attached hydrogen (secondary N) is 1. The number of fused-ring (bicyclic) bond motifs is 1. The molecule has 0 aromatic heterocycles. The summed E-state index contributed by atoms with van der Waals surface area (Å²) < 4.78 is 4.76. The molecule has 1 amide bonds. The molecule has 0 radical (unpaired) electrons. The van der Waals surface area contributed by atoms with Gasteiger partial charge in [-0.05, 0) is 24.0 Å². The summed E-state index contributed by atoms with van der Waals surface area (Å²) in [6, 6.07) is 7.46. The monoisotopic (exact) mass is 290 g/mol. The zero-order chi connectivity index (χ0) is 15.4. The normalized spacial score (nSPS) is 15.0. The fraction of sp³-hybridized carbons (Fsp3) is 0.500. The number of hydrogen-bond donors (Lipinski definition) is 1. The number of esters is 1. The van der Waals surface area contributed by atoms with E-state index in [2.05, 4.69) is 5.32 Å². The Morgan fingerprint density at radius 2 is 2.05 bits per heavy atom. The van der Waals surface area contributed by atoms with Gasteiger partial charge in [-0.15, -0.1) is 0 Å². The van der Waals surface area contributed by atoms with Gasteiger partial charge in [0.15, 0.2) is 0 Å². The maximum Gasteiger partial charge on any atom is 0.323 e. The van der Waals surface area contributed by atoms with E-state index in [1.54, 1.807) is 4.90 Å². The summed E-state index contributed by atoms with van der Waals surface area (Å²) in [4.78, 5) is 25.8. The number of carbonyl (C=O) groups is 2. The van der Waals surface area contributed by atoms with Crippen molar-refractivity contribution in [2.24, 2.45) is 5.92 Å². The van der Waals surface area contributed by atoms with E-state index in [-0.39, 0.29) is 24.3 Å². The lowest BCUT2D eigenvalue weighted by Gasteiger charge is -2.22. The van der Waals surface area contributed by atoms with E-state index in [0.717, 1.165) is 12.1 Å². The van der Waals surface area contributed by atoms with E-state index in [4.69, 9.17) is 4.74 Å². The van der Waals surface area contributed by atoms with E-state index in [1.165, 1.54) is 12.7 Å². The Morgan fingerprint density at radius 1 is 1.33 bits per heavy atom. The number of carbonyl (C=O) groups excluding carboxylic acids is 2. The van der Waals surface area contributed by atoms with Crippen LogP contribution in [-0.4, -0.2) is 38.1 Å². The lowest BCUT2D eigenvalue weighted by atomic mass is 10.0. The van der Waals surface area contributed by atoms with Gasteiger partial charge >= 0.3 is 5.97 Å². The second-order valence-electron chi connectivity index (χ2n) is 5.55. The number of ether oxygens (including phenoxy) is 1. The fourth-order valence-electron chi connectivity index (χ4n) is 2.61. The molecule has 5 heteroatoms. The number of anilines is 1. The molecule has 1 atom stereocenters. The number of nitrogens with zero attached hydrogens (tertiary/aromatic N) is 1. The summed E-state index contributed by atoms with van der Waals surface area (Å²) in [6.07, 6.45) is 0.881. The molecule has 1 heterocycles. The van der Waals surface area contributed by atoms with E-state index in [9.17, 15) is 9.59 Å². The molecule has 1 aliphatic heterocycles. The van der Waals surface area contributed by atoms with Gasteiger partial charge in [-0.25, -0.2) is 0 Å². The number of benzene rings is 1. The summed E-state index contributed by atoms with van der Waals surface area (Å²) >= 11 is 0. The SMILES string of the molecule is COC(=O)C(NCC(=O)N1CCc2ccccc21)C(C)C. The predicted octanol–water partition coefficient (Wildman–Crippen LogP) is 1.36. The van der Waals surface area contributed by atoms with E-state index >= 15 is 0 Å². The third-order valence-corrected chi connectivity index (χ3v) is 3.78. The average Bonchev–Trinajstić information content (AvgIpc) is 2.90. The molecule has 0 fully saturated rings. The third-order valence-electron chi connectivity index (χ3n) is 3.78.